The summed E-state index contributed by atoms with van der Waals surface area (Å²) in [7, 11) is 1.69. The van der Waals surface area contributed by atoms with Crippen LogP contribution in [0, 0.1) is 11.3 Å². The van der Waals surface area contributed by atoms with Gasteiger partial charge in [0.25, 0.3) is 0 Å². The van der Waals surface area contributed by atoms with Gasteiger partial charge in [0.1, 0.15) is 12.1 Å². The highest BCUT2D eigenvalue weighted by atomic mass is 32.2. The Labute approximate surface area is 269 Å². The highest BCUT2D eigenvalue weighted by molar-refractivity contribution is 7.99. The van der Waals surface area contributed by atoms with Crippen LogP contribution in [0.25, 0.3) is 0 Å². The Hall–Kier alpha value is -3.38. The number of hydrogen-bond acceptors (Lipinski definition) is 7. The van der Waals surface area contributed by atoms with Crippen molar-refractivity contribution < 1.29 is 24.0 Å². The van der Waals surface area contributed by atoms with E-state index in [1.54, 1.807) is 30.6 Å². The molecule has 0 spiro atoms. The molecule has 4 aliphatic rings. The minimum absolute atomic E-state index is 0.0613. The summed E-state index contributed by atoms with van der Waals surface area (Å²) in [4.78, 5) is 67.5. The lowest BCUT2D eigenvalue weighted by Gasteiger charge is -2.35. The lowest BCUT2D eigenvalue weighted by Crippen LogP contribution is -2.58. The molecule has 12 heteroatoms. The van der Waals surface area contributed by atoms with Crippen molar-refractivity contribution in [2.45, 2.75) is 102 Å². The lowest BCUT2D eigenvalue weighted by atomic mass is 9.83. The molecular weight excluding hydrogens is 592 g/mol. The van der Waals surface area contributed by atoms with Crippen molar-refractivity contribution in [2.24, 2.45) is 11.3 Å². The van der Waals surface area contributed by atoms with Gasteiger partial charge in [-0.15, -0.1) is 11.8 Å². The van der Waals surface area contributed by atoms with Gasteiger partial charge in [-0.2, -0.15) is 0 Å². The fraction of sp³-hybridized carbons (Fsp3) is 0.606. The van der Waals surface area contributed by atoms with Crippen LogP contribution in [0.1, 0.15) is 77.0 Å². The van der Waals surface area contributed by atoms with Crippen LogP contribution < -0.4 is 26.6 Å². The molecule has 0 aromatic heterocycles. The third kappa shape index (κ3) is 6.77. The topological polar surface area (TPSA) is 149 Å². The van der Waals surface area contributed by atoms with E-state index in [-0.39, 0.29) is 35.0 Å². The fourth-order valence-corrected chi connectivity index (χ4v) is 8.93. The number of rotatable bonds is 9. The number of nitrogens with zero attached hydrogens (tertiary/aromatic N) is 1. The average molecular weight is 639 g/mol. The van der Waals surface area contributed by atoms with Crippen LogP contribution in [0.5, 0.6) is 0 Å². The maximum absolute atomic E-state index is 14.3. The number of amides is 5. The number of allylic oxidation sites excluding steroid dienone is 1. The van der Waals surface area contributed by atoms with Gasteiger partial charge in [-0.3, -0.25) is 24.0 Å². The standard InChI is InChI=1S/C33H46N6O5S/c1-18-14-21(10-11-24(18)35-17-40)36-30(42)23-15-20-8-6-7-9-22(20)27(23)38-31(43)28-33(3,4)16-26-39(28)32(44)25(12-13-45-26)37-29(41)19(2)34-5/h6-9,17,19,21,23,25-28,34H,10-16H2,1-5H3,(H,35,40)(H,36,42)(H,37,41)(H,38,43)/t19-,21-,23+,25-,26-,27-,28+/m0/s1. The van der Waals surface area contributed by atoms with Gasteiger partial charge >= 0.3 is 0 Å². The first-order valence-electron chi connectivity index (χ1n) is 15.9. The summed E-state index contributed by atoms with van der Waals surface area (Å²) in [5.41, 5.74) is 3.37. The van der Waals surface area contributed by atoms with Crippen LogP contribution in [0.15, 0.2) is 35.5 Å². The van der Waals surface area contributed by atoms with Crippen LogP contribution in [0.4, 0.5) is 0 Å². The molecule has 5 amide bonds. The molecular formula is C33H46N6O5S. The van der Waals surface area contributed by atoms with E-state index in [9.17, 15) is 24.0 Å². The zero-order chi connectivity index (χ0) is 32.5. The van der Waals surface area contributed by atoms with Crippen molar-refractivity contribution in [3.8, 4) is 0 Å². The van der Waals surface area contributed by atoms with Crippen molar-refractivity contribution in [2.75, 3.05) is 12.8 Å². The van der Waals surface area contributed by atoms with E-state index in [1.165, 1.54) is 0 Å². The molecule has 5 rings (SSSR count). The molecule has 1 aromatic carbocycles. The Balaban J connectivity index is 1.36. The highest BCUT2D eigenvalue weighted by Gasteiger charge is 2.55. The van der Waals surface area contributed by atoms with E-state index < -0.39 is 35.5 Å². The first-order chi connectivity index (χ1) is 21.4. The smallest absolute Gasteiger partial charge is 0.246 e. The monoisotopic (exact) mass is 638 g/mol. The lowest BCUT2D eigenvalue weighted by molar-refractivity contribution is -0.144. The first-order valence-corrected chi connectivity index (χ1v) is 17.0. The molecule has 45 heavy (non-hydrogen) atoms. The van der Waals surface area contributed by atoms with Gasteiger partial charge in [0.05, 0.1) is 23.4 Å². The molecule has 5 N–H and O–H groups in total. The molecule has 0 saturated carbocycles. The zero-order valence-electron chi connectivity index (χ0n) is 26.8. The fourth-order valence-electron chi connectivity index (χ4n) is 7.35. The molecule has 0 radical (unpaired) electrons. The second-order valence-corrected chi connectivity index (χ2v) is 14.8. The largest absolute Gasteiger partial charge is 0.353 e. The second kappa shape index (κ2) is 13.5. The summed E-state index contributed by atoms with van der Waals surface area (Å²) in [5, 5.41) is 14.9. The van der Waals surface area contributed by atoms with Gasteiger partial charge in [0.15, 0.2) is 0 Å². The van der Waals surface area contributed by atoms with Crippen molar-refractivity contribution in [3.05, 3.63) is 46.7 Å². The van der Waals surface area contributed by atoms with E-state index in [2.05, 4.69) is 26.6 Å². The normalized spacial score (nSPS) is 29.6. The van der Waals surface area contributed by atoms with Gasteiger partial charge in [-0.25, -0.2) is 0 Å². The molecule has 11 nitrogen and oxygen atoms in total. The maximum Gasteiger partial charge on any atom is 0.246 e. The molecule has 2 fully saturated rings. The summed E-state index contributed by atoms with van der Waals surface area (Å²) < 4.78 is 0. The number of thioether (sulfide) groups is 1. The maximum atomic E-state index is 14.3. The van der Waals surface area contributed by atoms with E-state index in [4.69, 9.17) is 0 Å². The molecule has 2 heterocycles. The van der Waals surface area contributed by atoms with Crippen molar-refractivity contribution >= 4 is 41.8 Å². The van der Waals surface area contributed by atoms with Gasteiger partial charge < -0.3 is 31.5 Å². The Morgan fingerprint density at radius 2 is 1.82 bits per heavy atom. The van der Waals surface area contributed by atoms with E-state index in [0.717, 1.165) is 22.4 Å². The SMILES string of the molecule is CN[C@@H](C)C(=O)N[C@H]1CCS[C@H]2CC(C)(C)[C@@H](C(=O)N[C@H]3c4ccccc4C[C@H]3C(=O)N[C@H]3CCC(NC=O)=C(C)C3)N2C1=O. The van der Waals surface area contributed by atoms with Crippen molar-refractivity contribution in [1.29, 1.82) is 0 Å². The molecule has 1 aromatic rings. The summed E-state index contributed by atoms with van der Waals surface area (Å²) in [5.74, 6) is -0.709. The Morgan fingerprint density at radius 3 is 2.53 bits per heavy atom. The zero-order valence-corrected chi connectivity index (χ0v) is 27.6. The van der Waals surface area contributed by atoms with Crippen LogP contribution in [-0.4, -0.2) is 77.3 Å². The minimum Gasteiger partial charge on any atom is -0.353 e. The number of fused-ring (bicyclic) bond motifs is 2. The van der Waals surface area contributed by atoms with Crippen molar-refractivity contribution in [3.63, 3.8) is 0 Å². The van der Waals surface area contributed by atoms with Crippen LogP contribution in [-0.2, 0) is 30.4 Å². The molecule has 2 saturated heterocycles. The number of hydrogen-bond donors (Lipinski definition) is 5. The van der Waals surface area contributed by atoms with Crippen LogP contribution >= 0.6 is 11.8 Å². The first kappa shape index (κ1) is 33.0. The molecule has 0 bridgehead atoms. The Kier molecular flexibility index (Phi) is 9.93. The third-order valence-electron chi connectivity index (χ3n) is 9.95. The summed E-state index contributed by atoms with van der Waals surface area (Å²) >= 11 is 1.65. The summed E-state index contributed by atoms with van der Waals surface area (Å²) in [6, 6.07) is 5.29. The number of carbonyl (C=O) groups is 5. The van der Waals surface area contributed by atoms with Gasteiger partial charge in [-0.05, 0) is 81.7 Å². The number of benzene rings is 1. The third-order valence-corrected chi connectivity index (χ3v) is 11.2. The van der Waals surface area contributed by atoms with Gasteiger partial charge in [-0.1, -0.05) is 43.7 Å². The molecule has 0 unspecified atom stereocenters. The summed E-state index contributed by atoms with van der Waals surface area (Å²) in [6.45, 7) is 7.73. The Bertz CT molecular complexity index is 1380. The van der Waals surface area contributed by atoms with Gasteiger partial charge in [0.2, 0.25) is 30.0 Å². The quantitative estimate of drug-likeness (QED) is 0.260. The molecule has 7 atom stereocenters. The summed E-state index contributed by atoms with van der Waals surface area (Å²) in [6.07, 6.45) is 4.37. The van der Waals surface area contributed by atoms with E-state index in [1.807, 2.05) is 45.0 Å². The van der Waals surface area contributed by atoms with E-state index in [0.29, 0.717) is 50.7 Å². The number of nitrogens with one attached hydrogen (secondary N) is 5. The van der Waals surface area contributed by atoms with Crippen LogP contribution in [0.2, 0.25) is 0 Å². The minimum atomic E-state index is -0.756. The average Bonchev–Trinajstić information content (AvgIpc) is 3.45. The predicted molar refractivity (Wildman–Crippen MR) is 173 cm³/mol. The molecule has 244 valence electrons. The number of likely N-dealkylation sites (N-methyl/N-ethyl adjacent to an activating group) is 1. The number of carbonyl (C=O) groups excluding carboxylic acids is 5. The van der Waals surface area contributed by atoms with Crippen LogP contribution in [0.3, 0.4) is 0 Å². The molecule has 2 aliphatic heterocycles. The molecule has 2 aliphatic carbocycles. The Morgan fingerprint density at radius 1 is 1.07 bits per heavy atom. The highest BCUT2D eigenvalue weighted by Crippen LogP contribution is 2.47. The second-order valence-electron chi connectivity index (χ2n) is 13.5. The van der Waals surface area contributed by atoms with Crippen molar-refractivity contribution in [1.82, 2.24) is 31.5 Å². The predicted octanol–water partition coefficient (Wildman–Crippen LogP) is 1.89. The van der Waals surface area contributed by atoms with Gasteiger partial charge in [0, 0.05) is 11.7 Å². The van der Waals surface area contributed by atoms with E-state index >= 15 is 0 Å².